The zero-order valence-corrected chi connectivity index (χ0v) is 13.2. The van der Waals surface area contributed by atoms with Gasteiger partial charge in [-0.1, -0.05) is 11.6 Å². The lowest BCUT2D eigenvalue weighted by molar-refractivity contribution is 0.0690. The van der Waals surface area contributed by atoms with Crippen molar-refractivity contribution in [2.24, 2.45) is 0 Å². The molecular weight excluding hydrogens is 360 g/mol. The van der Waals surface area contributed by atoms with E-state index in [1.165, 1.54) is 18.3 Å². The molecule has 0 spiro atoms. The smallest absolute Gasteiger partial charge is 0.354 e. The number of nitrogens with one attached hydrogen (secondary N) is 1. The lowest BCUT2D eigenvalue weighted by Crippen LogP contribution is -2.14. The predicted molar refractivity (Wildman–Crippen MR) is 83.0 cm³/mol. The maximum absolute atomic E-state index is 12.1. The molecule has 0 fully saturated rings. The van der Waals surface area contributed by atoms with Crippen molar-refractivity contribution in [1.29, 1.82) is 0 Å². The van der Waals surface area contributed by atoms with Crippen LogP contribution in [-0.2, 0) is 0 Å². The number of halogens is 2. The molecule has 0 radical (unpaired) electrons. The van der Waals surface area contributed by atoms with Gasteiger partial charge in [0.05, 0.1) is 5.69 Å². The van der Waals surface area contributed by atoms with Crippen LogP contribution in [0.25, 0.3) is 0 Å². The van der Waals surface area contributed by atoms with Gasteiger partial charge in [-0.2, -0.15) is 0 Å². The van der Waals surface area contributed by atoms with Crippen LogP contribution in [0.5, 0.6) is 0 Å². The highest BCUT2D eigenvalue weighted by atomic mass is 79.9. The summed E-state index contributed by atoms with van der Waals surface area (Å²) in [6.45, 7) is 1.85. The van der Waals surface area contributed by atoms with Gasteiger partial charge in [-0.15, -0.1) is 0 Å². The first-order valence-electron chi connectivity index (χ1n) is 5.85. The van der Waals surface area contributed by atoms with Gasteiger partial charge in [0, 0.05) is 21.3 Å². The predicted octanol–water partition coefficient (Wildman–Crippen LogP) is 3.76. The Morgan fingerprint density at radius 2 is 2.05 bits per heavy atom. The van der Waals surface area contributed by atoms with E-state index in [4.69, 9.17) is 16.7 Å². The fraction of sp³-hybridized carbons (Fsp3) is 0.0714. The number of pyridine rings is 1. The first kappa shape index (κ1) is 15.5. The van der Waals surface area contributed by atoms with E-state index in [-0.39, 0.29) is 11.3 Å². The number of aryl methyl sites for hydroxylation is 1. The van der Waals surface area contributed by atoms with Crippen molar-refractivity contribution in [3.63, 3.8) is 0 Å². The van der Waals surface area contributed by atoms with Gasteiger partial charge in [0.25, 0.3) is 5.91 Å². The minimum absolute atomic E-state index is 0.191. The second-order valence-electron chi connectivity index (χ2n) is 4.27. The average Bonchev–Trinajstić information content (AvgIpc) is 2.44. The van der Waals surface area contributed by atoms with E-state index >= 15 is 0 Å². The standard InChI is InChI=1S/C14H10BrClN2O3/c1-7-4-9(15)11(6-10(7)16)18-13(19)8-2-3-17-12(5-8)14(20)21/h2-6H,1H3,(H,18,19)(H,20,21). The Balaban J connectivity index is 2.28. The second kappa shape index (κ2) is 6.24. The molecule has 1 amide bonds. The van der Waals surface area contributed by atoms with Crippen LogP contribution in [0.3, 0.4) is 0 Å². The van der Waals surface area contributed by atoms with E-state index in [0.29, 0.717) is 15.2 Å². The number of aromatic carboxylic acids is 1. The Hall–Kier alpha value is -1.92. The molecule has 0 bridgehead atoms. The molecule has 0 saturated carbocycles. The monoisotopic (exact) mass is 368 g/mol. The largest absolute Gasteiger partial charge is 0.477 e. The summed E-state index contributed by atoms with van der Waals surface area (Å²) in [6, 6.07) is 6.05. The van der Waals surface area contributed by atoms with Gasteiger partial charge in [0.2, 0.25) is 0 Å². The molecule has 0 aliphatic carbocycles. The third-order valence-corrected chi connectivity index (χ3v) is 3.80. The van der Waals surface area contributed by atoms with E-state index in [2.05, 4.69) is 26.2 Å². The zero-order chi connectivity index (χ0) is 15.6. The Kier molecular flexibility index (Phi) is 4.59. The lowest BCUT2D eigenvalue weighted by atomic mass is 10.2. The molecule has 0 atom stereocenters. The number of anilines is 1. The fourth-order valence-corrected chi connectivity index (χ4v) is 2.35. The summed E-state index contributed by atoms with van der Waals surface area (Å²) in [7, 11) is 0. The van der Waals surface area contributed by atoms with Crippen LogP contribution in [0, 0.1) is 6.92 Å². The van der Waals surface area contributed by atoms with Crippen molar-refractivity contribution in [1.82, 2.24) is 4.98 Å². The molecule has 2 rings (SSSR count). The molecule has 0 unspecified atom stereocenters. The number of carbonyl (C=O) groups is 2. The minimum Gasteiger partial charge on any atom is -0.477 e. The van der Waals surface area contributed by atoms with Crippen molar-refractivity contribution in [3.8, 4) is 0 Å². The Morgan fingerprint density at radius 3 is 2.71 bits per heavy atom. The number of carboxylic acids is 1. The molecule has 2 N–H and O–H groups in total. The third-order valence-electron chi connectivity index (χ3n) is 2.74. The summed E-state index contributed by atoms with van der Waals surface area (Å²) in [5.41, 5.74) is 1.39. The Morgan fingerprint density at radius 1 is 1.33 bits per heavy atom. The van der Waals surface area contributed by atoms with Gasteiger partial charge in [-0.05, 0) is 52.7 Å². The highest BCUT2D eigenvalue weighted by Gasteiger charge is 2.13. The Labute approximate surface area is 134 Å². The minimum atomic E-state index is -1.19. The molecule has 5 nitrogen and oxygen atoms in total. The normalized spacial score (nSPS) is 10.2. The highest BCUT2D eigenvalue weighted by molar-refractivity contribution is 9.10. The van der Waals surface area contributed by atoms with Gasteiger partial charge in [0.15, 0.2) is 0 Å². The topological polar surface area (TPSA) is 79.3 Å². The number of carboxylic acid groups (broad SMARTS) is 1. The van der Waals surface area contributed by atoms with Gasteiger partial charge in [0.1, 0.15) is 5.69 Å². The molecular formula is C14H10BrClN2O3. The van der Waals surface area contributed by atoms with Gasteiger partial charge in [-0.3, -0.25) is 4.79 Å². The van der Waals surface area contributed by atoms with Crippen LogP contribution < -0.4 is 5.32 Å². The number of benzene rings is 1. The number of carbonyl (C=O) groups excluding carboxylic acids is 1. The molecule has 0 aliphatic rings. The van der Waals surface area contributed by atoms with Crippen LogP contribution >= 0.6 is 27.5 Å². The first-order chi connectivity index (χ1) is 9.88. The van der Waals surface area contributed by atoms with Gasteiger partial charge < -0.3 is 10.4 Å². The summed E-state index contributed by atoms with van der Waals surface area (Å²) >= 11 is 9.36. The van der Waals surface area contributed by atoms with Crippen LogP contribution in [0.1, 0.15) is 26.4 Å². The van der Waals surface area contributed by atoms with E-state index in [9.17, 15) is 9.59 Å². The maximum Gasteiger partial charge on any atom is 0.354 e. The van der Waals surface area contributed by atoms with Crippen molar-refractivity contribution in [3.05, 3.63) is 56.8 Å². The van der Waals surface area contributed by atoms with Gasteiger partial charge in [-0.25, -0.2) is 9.78 Å². The summed E-state index contributed by atoms with van der Waals surface area (Å²) in [5.74, 6) is -1.63. The lowest BCUT2D eigenvalue weighted by Gasteiger charge is -2.09. The summed E-state index contributed by atoms with van der Waals surface area (Å²) in [6.07, 6.45) is 1.27. The SMILES string of the molecule is Cc1cc(Br)c(NC(=O)c2ccnc(C(=O)O)c2)cc1Cl. The molecule has 0 saturated heterocycles. The highest BCUT2D eigenvalue weighted by Crippen LogP contribution is 2.29. The van der Waals surface area contributed by atoms with Crippen LogP contribution in [-0.4, -0.2) is 22.0 Å². The van der Waals surface area contributed by atoms with E-state index in [1.807, 2.05) is 6.92 Å². The Bertz CT molecular complexity index is 734. The molecule has 1 aromatic heterocycles. The number of hydrogen-bond donors (Lipinski definition) is 2. The summed E-state index contributed by atoms with van der Waals surface area (Å²) in [4.78, 5) is 26.7. The van der Waals surface area contributed by atoms with Crippen LogP contribution in [0.15, 0.2) is 34.9 Å². The number of amides is 1. The van der Waals surface area contributed by atoms with Crippen molar-refractivity contribution < 1.29 is 14.7 Å². The molecule has 0 aliphatic heterocycles. The van der Waals surface area contributed by atoms with E-state index in [1.54, 1.807) is 12.1 Å². The van der Waals surface area contributed by atoms with E-state index < -0.39 is 11.9 Å². The molecule has 7 heteroatoms. The fourth-order valence-electron chi connectivity index (χ4n) is 1.63. The maximum atomic E-state index is 12.1. The number of rotatable bonds is 3. The average molecular weight is 370 g/mol. The summed E-state index contributed by atoms with van der Waals surface area (Å²) in [5, 5.41) is 12.1. The zero-order valence-electron chi connectivity index (χ0n) is 10.9. The first-order valence-corrected chi connectivity index (χ1v) is 7.02. The van der Waals surface area contributed by atoms with Gasteiger partial charge >= 0.3 is 5.97 Å². The molecule has 2 aromatic rings. The molecule has 1 heterocycles. The van der Waals surface area contributed by atoms with E-state index in [0.717, 1.165) is 5.56 Å². The molecule has 1 aromatic carbocycles. The van der Waals surface area contributed by atoms with Crippen molar-refractivity contribution in [2.45, 2.75) is 6.92 Å². The number of hydrogen-bond acceptors (Lipinski definition) is 3. The van der Waals surface area contributed by atoms with Crippen molar-refractivity contribution in [2.75, 3.05) is 5.32 Å². The molecule has 21 heavy (non-hydrogen) atoms. The number of nitrogens with zero attached hydrogens (tertiary/aromatic N) is 1. The second-order valence-corrected chi connectivity index (χ2v) is 5.53. The van der Waals surface area contributed by atoms with Crippen molar-refractivity contribution >= 4 is 45.1 Å². The molecule has 108 valence electrons. The van der Waals surface area contributed by atoms with Crippen LogP contribution in [0.4, 0.5) is 5.69 Å². The quantitative estimate of drug-likeness (QED) is 0.863. The third kappa shape index (κ3) is 3.59. The number of aromatic nitrogens is 1. The van der Waals surface area contributed by atoms with Crippen LogP contribution in [0.2, 0.25) is 5.02 Å². The summed E-state index contributed by atoms with van der Waals surface area (Å²) < 4.78 is 0.685.